The summed E-state index contributed by atoms with van der Waals surface area (Å²) in [6.45, 7) is 0. The van der Waals surface area contributed by atoms with Crippen LogP contribution in [0.3, 0.4) is 0 Å². The van der Waals surface area contributed by atoms with E-state index in [1.54, 1.807) is 0 Å². The maximum atomic E-state index is 12.6. The van der Waals surface area contributed by atoms with Gasteiger partial charge in [0.25, 0.3) is 5.91 Å². The molecule has 4 nitrogen and oxygen atoms in total. The van der Waals surface area contributed by atoms with Gasteiger partial charge in [0.05, 0.1) is 17.7 Å². The van der Waals surface area contributed by atoms with Crippen molar-refractivity contribution in [3.05, 3.63) is 33.8 Å². The predicted molar refractivity (Wildman–Crippen MR) is 65.8 cm³/mol. The SMILES string of the molecule is COC(=O)[C@@H](NC(=O)c1ccc(Cl)cc1Cl)C(F)(F)F. The van der Waals surface area contributed by atoms with Crippen LogP contribution in [0.15, 0.2) is 18.2 Å². The van der Waals surface area contributed by atoms with E-state index in [9.17, 15) is 22.8 Å². The number of hydrogen-bond donors (Lipinski definition) is 1. The maximum absolute atomic E-state index is 12.6. The van der Waals surface area contributed by atoms with Gasteiger partial charge in [0.1, 0.15) is 0 Å². The number of ether oxygens (including phenoxy) is 1. The van der Waals surface area contributed by atoms with Crippen molar-refractivity contribution >= 4 is 35.1 Å². The van der Waals surface area contributed by atoms with Gasteiger partial charge in [0.15, 0.2) is 0 Å². The van der Waals surface area contributed by atoms with Crippen LogP contribution in [0.4, 0.5) is 13.2 Å². The van der Waals surface area contributed by atoms with Crippen LogP contribution in [0.1, 0.15) is 10.4 Å². The summed E-state index contributed by atoms with van der Waals surface area (Å²) in [6.07, 6.45) is -4.98. The Morgan fingerprint density at radius 1 is 1.30 bits per heavy atom. The third kappa shape index (κ3) is 4.01. The highest BCUT2D eigenvalue weighted by Crippen LogP contribution is 2.24. The number of alkyl halides is 3. The van der Waals surface area contributed by atoms with Gasteiger partial charge in [0, 0.05) is 5.02 Å². The highest BCUT2D eigenvalue weighted by molar-refractivity contribution is 6.36. The minimum Gasteiger partial charge on any atom is -0.467 e. The molecule has 20 heavy (non-hydrogen) atoms. The summed E-state index contributed by atoms with van der Waals surface area (Å²) in [5, 5.41) is 1.59. The lowest BCUT2D eigenvalue weighted by Gasteiger charge is -2.19. The number of hydrogen-bond acceptors (Lipinski definition) is 3. The minimum atomic E-state index is -4.98. The lowest BCUT2D eigenvalue weighted by atomic mass is 10.2. The number of methoxy groups -OCH3 is 1. The van der Waals surface area contributed by atoms with E-state index in [1.165, 1.54) is 17.4 Å². The fourth-order valence-corrected chi connectivity index (χ4v) is 1.77. The number of rotatable bonds is 3. The molecule has 1 aromatic carbocycles. The van der Waals surface area contributed by atoms with Gasteiger partial charge < -0.3 is 10.1 Å². The molecule has 0 fully saturated rings. The van der Waals surface area contributed by atoms with Gasteiger partial charge >= 0.3 is 12.1 Å². The Bertz CT molecular complexity index is 534. The molecule has 0 radical (unpaired) electrons. The Hall–Kier alpha value is -1.47. The van der Waals surface area contributed by atoms with Crippen molar-refractivity contribution in [2.75, 3.05) is 7.11 Å². The summed E-state index contributed by atoms with van der Waals surface area (Å²) in [5.41, 5.74) is -0.241. The van der Waals surface area contributed by atoms with Gasteiger partial charge in [-0.2, -0.15) is 13.2 Å². The van der Waals surface area contributed by atoms with Crippen molar-refractivity contribution in [1.82, 2.24) is 5.32 Å². The third-order valence-corrected chi connectivity index (χ3v) is 2.76. The first-order valence-corrected chi connectivity index (χ1v) is 5.83. The molecule has 0 aromatic heterocycles. The number of esters is 1. The van der Waals surface area contributed by atoms with E-state index in [1.807, 2.05) is 0 Å². The van der Waals surface area contributed by atoms with E-state index >= 15 is 0 Å². The average molecular weight is 330 g/mol. The van der Waals surface area contributed by atoms with Crippen molar-refractivity contribution < 1.29 is 27.5 Å². The number of nitrogens with one attached hydrogen (secondary N) is 1. The van der Waals surface area contributed by atoms with Crippen molar-refractivity contribution in [3.8, 4) is 0 Å². The molecule has 0 unspecified atom stereocenters. The Balaban J connectivity index is 3.00. The molecule has 1 amide bonds. The first kappa shape index (κ1) is 16.6. The normalized spacial score (nSPS) is 12.7. The van der Waals surface area contributed by atoms with Crippen LogP contribution in [0.5, 0.6) is 0 Å². The van der Waals surface area contributed by atoms with Crippen LogP contribution < -0.4 is 5.32 Å². The molecule has 0 saturated heterocycles. The monoisotopic (exact) mass is 329 g/mol. The maximum Gasteiger partial charge on any atom is 0.419 e. The number of carbonyl (C=O) groups excluding carboxylic acids is 2. The van der Waals surface area contributed by atoms with Gasteiger partial charge in [-0.3, -0.25) is 4.79 Å². The number of carbonyl (C=O) groups is 2. The zero-order valence-electron chi connectivity index (χ0n) is 9.92. The van der Waals surface area contributed by atoms with E-state index in [4.69, 9.17) is 23.2 Å². The fraction of sp³-hybridized carbons (Fsp3) is 0.273. The number of halogens is 5. The highest BCUT2D eigenvalue weighted by Gasteiger charge is 2.47. The molecule has 1 rings (SSSR count). The van der Waals surface area contributed by atoms with Crippen LogP contribution in [-0.2, 0) is 9.53 Å². The molecule has 110 valence electrons. The van der Waals surface area contributed by atoms with Crippen LogP contribution in [0.2, 0.25) is 10.0 Å². The van der Waals surface area contributed by atoms with E-state index in [0.29, 0.717) is 0 Å². The number of benzene rings is 1. The Morgan fingerprint density at radius 3 is 2.35 bits per heavy atom. The predicted octanol–water partition coefficient (Wildman–Crippen LogP) is 2.83. The van der Waals surface area contributed by atoms with Crippen LogP contribution in [0, 0.1) is 0 Å². The topological polar surface area (TPSA) is 55.4 Å². The first-order valence-electron chi connectivity index (χ1n) is 5.07. The molecule has 0 bridgehead atoms. The molecule has 0 aliphatic rings. The third-order valence-electron chi connectivity index (χ3n) is 2.22. The average Bonchev–Trinajstić information content (AvgIpc) is 2.33. The van der Waals surface area contributed by atoms with Crippen molar-refractivity contribution in [2.24, 2.45) is 0 Å². The van der Waals surface area contributed by atoms with E-state index < -0.39 is 24.1 Å². The minimum absolute atomic E-state index is 0.138. The number of amides is 1. The zero-order chi connectivity index (χ0) is 15.5. The van der Waals surface area contributed by atoms with Crippen LogP contribution in [-0.4, -0.2) is 31.2 Å². The molecule has 1 N–H and O–H groups in total. The second-order valence-electron chi connectivity index (χ2n) is 3.60. The van der Waals surface area contributed by atoms with Crippen molar-refractivity contribution in [2.45, 2.75) is 12.2 Å². The molecule has 0 aliphatic carbocycles. The summed E-state index contributed by atoms with van der Waals surface area (Å²) in [5.74, 6) is -2.80. The second-order valence-corrected chi connectivity index (χ2v) is 4.44. The lowest BCUT2D eigenvalue weighted by Crippen LogP contribution is -2.51. The molecule has 0 heterocycles. The zero-order valence-corrected chi connectivity index (χ0v) is 11.4. The molecule has 1 aromatic rings. The molecule has 0 aliphatic heterocycles. The molecular weight excluding hydrogens is 322 g/mol. The van der Waals surface area contributed by atoms with Gasteiger partial charge in [0.2, 0.25) is 6.04 Å². The largest absolute Gasteiger partial charge is 0.467 e. The highest BCUT2D eigenvalue weighted by atomic mass is 35.5. The van der Waals surface area contributed by atoms with Gasteiger partial charge in [-0.05, 0) is 18.2 Å². The summed E-state index contributed by atoms with van der Waals surface area (Å²) in [6, 6.07) is 0.846. The lowest BCUT2D eigenvalue weighted by molar-refractivity contribution is -0.180. The molecule has 0 saturated carbocycles. The Labute approximate surface area is 121 Å². The van der Waals surface area contributed by atoms with Crippen LogP contribution in [0.25, 0.3) is 0 Å². The summed E-state index contributed by atoms with van der Waals surface area (Å²) in [7, 11) is 0.780. The molecular formula is C11H8Cl2F3NO3. The van der Waals surface area contributed by atoms with Gasteiger partial charge in [-0.25, -0.2) is 4.79 Å². The van der Waals surface area contributed by atoms with E-state index in [0.717, 1.165) is 13.2 Å². The first-order chi connectivity index (χ1) is 9.16. The summed E-state index contributed by atoms with van der Waals surface area (Å²) in [4.78, 5) is 22.8. The van der Waals surface area contributed by atoms with Crippen molar-refractivity contribution in [1.29, 1.82) is 0 Å². The van der Waals surface area contributed by atoms with Gasteiger partial charge in [-0.15, -0.1) is 0 Å². The van der Waals surface area contributed by atoms with E-state index in [-0.39, 0.29) is 15.6 Å². The fourth-order valence-electron chi connectivity index (χ4n) is 1.27. The quantitative estimate of drug-likeness (QED) is 0.867. The standard InChI is InChI=1S/C11H8Cl2F3NO3/c1-20-10(19)8(11(14,15)16)17-9(18)6-3-2-5(12)4-7(6)13/h2-4,8H,1H3,(H,17,18)/t8-/m1/s1. The van der Waals surface area contributed by atoms with E-state index in [2.05, 4.69) is 4.74 Å². The summed E-state index contributed by atoms with van der Waals surface area (Å²) < 4.78 is 41.9. The van der Waals surface area contributed by atoms with Crippen LogP contribution >= 0.6 is 23.2 Å². The van der Waals surface area contributed by atoms with Crippen molar-refractivity contribution in [3.63, 3.8) is 0 Å². The summed E-state index contributed by atoms with van der Waals surface area (Å²) >= 11 is 11.3. The molecule has 1 atom stereocenters. The Kier molecular flexibility index (Phi) is 5.24. The smallest absolute Gasteiger partial charge is 0.419 e. The molecule has 9 heteroatoms. The van der Waals surface area contributed by atoms with Gasteiger partial charge in [-0.1, -0.05) is 23.2 Å². The molecule has 0 spiro atoms. The Morgan fingerprint density at radius 2 is 1.90 bits per heavy atom. The second kappa shape index (κ2) is 6.32.